The normalized spacial score (nSPS) is 11.6. The lowest BCUT2D eigenvalue weighted by molar-refractivity contribution is 0.670. The van der Waals surface area contributed by atoms with Crippen molar-refractivity contribution in [3.05, 3.63) is 217 Å². The van der Waals surface area contributed by atoms with E-state index in [0.29, 0.717) is 17.5 Å². The van der Waals surface area contributed by atoms with Gasteiger partial charge in [-0.2, -0.15) is 0 Å². The fourth-order valence-electron chi connectivity index (χ4n) is 9.27. The van der Waals surface area contributed by atoms with Crippen molar-refractivity contribution >= 4 is 43.7 Å². The highest BCUT2D eigenvalue weighted by Gasteiger charge is 2.22. The van der Waals surface area contributed by atoms with Crippen LogP contribution in [-0.4, -0.2) is 19.5 Å². The van der Waals surface area contributed by atoms with Gasteiger partial charge in [0.15, 0.2) is 17.5 Å². The molecular weight excluding hydrogens is 781 g/mol. The lowest BCUT2D eigenvalue weighted by Gasteiger charge is -2.17. The molecule has 0 spiro atoms. The van der Waals surface area contributed by atoms with Gasteiger partial charge in [-0.3, -0.25) is 0 Å². The molecule has 5 heteroatoms. The van der Waals surface area contributed by atoms with Gasteiger partial charge in [-0.15, -0.1) is 0 Å². The predicted molar refractivity (Wildman–Crippen MR) is 264 cm³/mol. The van der Waals surface area contributed by atoms with Crippen LogP contribution in [0.15, 0.2) is 211 Å². The monoisotopic (exact) mass is 820 g/mol. The molecule has 9 aromatic carbocycles. The average molecular weight is 821 g/mol. The summed E-state index contributed by atoms with van der Waals surface area (Å²) in [5.74, 6) is 1.78. The van der Waals surface area contributed by atoms with Crippen LogP contribution in [0, 0.1) is 13.8 Å². The molecule has 0 saturated heterocycles. The molecule has 12 aromatic rings. The Bertz CT molecular complexity index is 3590. The maximum absolute atomic E-state index is 6.62. The molecule has 12 rings (SSSR count). The van der Waals surface area contributed by atoms with E-state index in [0.717, 1.165) is 77.2 Å². The molecule has 0 amide bonds. The Morgan fingerprint density at radius 3 is 1.45 bits per heavy atom. The highest BCUT2D eigenvalue weighted by atomic mass is 16.3. The van der Waals surface area contributed by atoms with Gasteiger partial charge >= 0.3 is 0 Å². The Morgan fingerprint density at radius 1 is 0.344 bits per heavy atom. The van der Waals surface area contributed by atoms with Crippen LogP contribution in [0.25, 0.3) is 117 Å². The fraction of sp³-hybridized carbons (Fsp3) is 0.0339. The molecule has 64 heavy (non-hydrogen) atoms. The molecule has 0 radical (unpaired) electrons. The Labute approximate surface area is 370 Å². The second-order valence-electron chi connectivity index (χ2n) is 16.6. The van der Waals surface area contributed by atoms with Gasteiger partial charge in [-0.05, 0) is 84.1 Å². The van der Waals surface area contributed by atoms with E-state index in [1.165, 1.54) is 33.4 Å². The van der Waals surface area contributed by atoms with Gasteiger partial charge in [-0.25, -0.2) is 15.0 Å². The second kappa shape index (κ2) is 15.2. The van der Waals surface area contributed by atoms with E-state index >= 15 is 0 Å². The Morgan fingerprint density at radius 2 is 0.844 bits per heavy atom. The van der Waals surface area contributed by atoms with Gasteiger partial charge in [0, 0.05) is 43.8 Å². The number of fused-ring (bicyclic) bond motifs is 6. The number of aromatic nitrogens is 4. The number of furan rings is 1. The third-order valence-electron chi connectivity index (χ3n) is 12.4. The van der Waals surface area contributed by atoms with Gasteiger partial charge < -0.3 is 8.98 Å². The maximum Gasteiger partial charge on any atom is 0.166 e. The summed E-state index contributed by atoms with van der Waals surface area (Å²) >= 11 is 0. The average Bonchev–Trinajstić information content (AvgIpc) is 3.89. The SMILES string of the molecule is Cc1cccc(-c2ccc3c(c2)c2cc(-c4cccc(C)c4)ccc2n3-c2ccc(-c3cccc4c3oc3ccccc34)cc2-c2nc(-c3ccccc3)nc(-c3ccccc3)n2)c1. The number of hydrogen-bond acceptors (Lipinski definition) is 4. The minimum atomic E-state index is 0.573. The summed E-state index contributed by atoms with van der Waals surface area (Å²) < 4.78 is 9.01. The molecule has 0 atom stereocenters. The van der Waals surface area contributed by atoms with Gasteiger partial charge in [0.05, 0.1) is 16.7 Å². The molecule has 3 aromatic heterocycles. The summed E-state index contributed by atoms with van der Waals surface area (Å²) in [6.45, 7) is 4.30. The molecule has 0 saturated carbocycles. The quantitative estimate of drug-likeness (QED) is 0.161. The van der Waals surface area contributed by atoms with Crippen molar-refractivity contribution in [2.45, 2.75) is 13.8 Å². The molecule has 3 heterocycles. The van der Waals surface area contributed by atoms with Crippen LogP contribution in [0.4, 0.5) is 0 Å². The van der Waals surface area contributed by atoms with Crippen molar-refractivity contribution in [3.8, 4) is 73.2 Å². The Kier molecular flexibility index (Phi) is 8.87. The van der Waals surface area contributed by atoms with E-state index in [1.54, 1.807) is 0 Å². The standard InChI is InChI=1S/C59H40N4O/c1-37-14-11-20-41(32-37)43-26-29-52-49(34-43)50-35-44(42-21-12-15-38(2)33-42)27-30-53(50)63(52)54-31-28-45(46-23-13-24-48-47-22-9-10-25-55(47)64-56(46)48)36-51(54)59-61-57(39-16-5-3-6-17-39)60-58(62-59)40-18-7-4-8-19-40/h3-36H,1-2H3. The first-order valence-corrected chi connectivity index (χ1v) is 21.7. The van der Waals surface area contributed by atoms with Crippen LogP contribution in [0.1, 0.15) is 11.1 Å². The van der Waals surface area contributed by atoms with Crippen molar-refractivity contribution in [1.82, 2.24) is 19.5 Å². The van der Waals surface area contributed by atoms with Gasteiger partial charge in [0.1, 0.15) is 11.2 Å². The highest BCUT2D eigenvalue weighted by Crippen LogP contribution is 2.43. The largest absolute Gasteiger partial charge is 0.455 e. The third kappa shape index (κ3) is 6.45. The Balaban J connectivity index is 1.16. The van der Waals surface area contributed by atoms with Gasteiger partial charge in [-0.1, -0.05) is 175 Å². The van der Waals surface area contributed by atoms with Crippen molar-refractivity contribution in [3.63, 3.8) is 0 Å². The van der Waals surface area contributed by atoms with Gasteiger partial charge in [0.2, 0.25) is 0 Å². The van der Waals surface area contributed by atoms with E-state index in [1.807, 2.05) is 48.5 Å². The summed E-state index contributed by atoms with van der Waals surface area (Å²) in [6.07, 6.45) is 0. The van der Waals surface area contributed by atoms with Crippen LogP contribution in [0.3, 0.4) is 0 Å². The summed E-state index contributed by atoms with van der Waals surface area (Å²) in [6, 6.07) is 72.8. The Hall–Kier alpha value is -8.41. The topological polar surface area (TPSA) is 56.7 Å². The number of benzene rings is 9. The number of hydrogen-bond donors (Lipinski definition) is 0. The van der Waals surface area contributed by atoms with E-state index in [9.17, 15) is 0 Å². The minimum Gasteiger partial charge on any atom is -0.455 e. The van der Waals surface area contributed by atoms with Crippen LogP contribution in [0.2, 0.25) is 0 Å². The van der Waals surface area contributed by atoms with E-state index in [-0.39, 0.29) is 0 Å². The summed E-state index contributed by atoms with van der Waals surface area (Å²) in [5.41, 5.74) is 16.7. The second-order valence-corrected chi connectivity index (χ2v) is 16.6. The zero-order valence-corrected chi connectivity index (χ0v) is 35.3. The molecular formula is C59H40N4O. The molecule has 0 aliphatic heterocycles. The maximum atomic E-state index is 6.62. The molecule has 0 fully saturated rings. The first-order valence-electron chi connectivity index (χ1n) is 21.7. The van der Waals surface area contributed by atoms with Crippen molar-refractivity contribution in [2.75, 3.05) is 0 Å². The molecule has 0 N–H and O–H groups in total. The van der Waals surface area contributed by atoms with Crippen molar-refractivity contribution in [1.29, 1.82) is 0 Å². The molecule has 5 nitrogen and oxygen atoms in total. The van der Waals surface area contributed by atoms with Crippen LogP contribution in [-0.2, 0) is 0 Å². The molecule has 0 bridgehead atoms. The van der Waals surface area contributed by atoms with Crippen LogP contribution < -0.4 is 0 Å². The molecule has 0 aliphatic carbocycles. The molecule has 0 unspecified atom stereocenters. The third-order valence-corrected chi connectivity index (χ3v) is 12.4. The summed E-state index contributed by atoms with van der Waals surface area (Å²) in [7, 11) is 0. The first-order chi connectivity index (χ1) is 31.5. The summed E-state index contributed by atoms with van der Waals surface area (Å²) in [4.78, 5) is 15.7. The minimum absolute atomic E-state index is 0.573. The van der Waals surface area contributed by atoms with Crippen molar-refractivity contribution in [2.24, 2.45) is 0 Å². The zero-order valence-electron chi connectivity index (χ0n) is 35.3. The first kappa shape index (κ1) is 37.4. The van der Waals surface area contributed by atoms with E-state index in [2.05, 4.69) is 176 Å². The predicted octanol–water partition coefficient (Wildman–Crippen LogP) is 15.5. The van der Waals surface area contributed by atoms with Crippen molar-refractivity contribution < 1.29 is 4.42 Å². The lowest BCUT2D eigenvalue weighted by atomic mass is 9.98. The molecule has 0 aliphatic rings. The lowest BCUT2D eigenvalue weighted by Crippen LogP contribution is -2.04. The summed E-state index contributed by atoms with van der Waals surface area (Å²) in [5, 5.41) is 4.49. The fourth-order valence-corrected chi connectivity index (χ4v) is 9.27. The van der Waals surface area contributed by atoms with E-state index < -0.39 is 0 Å². The smallest absolute Gasteiger partial charge is 0.166 e. The number of rotatable bonds is 7. The number of para-hydroxylation sites is 2. The zero-order chi connectivity index (χ0) is 42.7. The van der Waals surface area contributed by atoms with Crippen LogP contribution >= 0.6 is 0 Å². The highest BCUT2D eigenvalue weighted by molar-refractivity contribution is 6.13. The number of nitrogens with zero attached hydrogens (tertiary/aromatic N) is 4. The van der Waals surface area contributed by atoms with Gasteiger partial charge in [0.25, 0.3) is 0 Å². The molecule has 302 valence electrons. The number of aryl methyl sites for hydroxylation is 2. The van der Waals surface area contributed by atoms with E-state index in [4.69, 9.17) is 19.4 Å². The van der Waals surface area contributed by atoms with Crippen LogP contribution in [0.5, 0.6) is 0 Å².